The van der Waals surface area contributed by atoms with Crippen LogP contribution < -0.4 is 5.73 Å². The highest BCUT2D eigenvalue weighted by Crippen LogP contribution is 2.33. The second-order valence-electron chi connectivity index (χ2n) is 4.35. The Hall–Kier alpha value is -0.840. The van der Waals surface area contributed by atoms with E-state index in [9.17, 15) is 0 Å². The molecule has 0 spiro atoms. The molecule has 0 bridgehead atoms. The fourth-order valence-electron chi connectivity index (χ4n) is 1.93. The molecule has 0 saturated heterocycles. The number of aryl methyl sites for hydroxylation is 2. The summed E-state index contributed by atoms with van der Waals surface area (Å²) in [6, 6.07) is 5.49. The predicted molar refractivity (Wildman–Crippen MR) is 87.7 cm³/mol. The van der Waals surface area contributed by atoms with Crippen molar-refractivity contribution >= 4 is 40.7 Å². The Labute approximate surface area is 133 Å². The molecular formula is C14H17Cl2N3S. The topological polar surface area (TPSA) is 43.8 Å². The fourth-order valence-corrected chi connectivity index (χ4v) is 3.62. The van der Waals surface area contributed by atoms with Gasteiger partial charge < -0.3 is 5.73 Å². The third-order valence-electron chi connectivity index (χ3n) is 3.03. The minimum absolute atomic E-state index is 0.686. The van der Waals surface area contributed by atoms with Gasteiger partial charge in [-0.3, -0.25) is 4.68 Å². The Balaban J connectivity index is 2.22. The number of thioether (sulfide) groups is 1. The molecule has 0 amide bonds. The Morgan fingerprint density at radius 3 is 2.70 bits per heavy atom. The Bertz CT molecular complexity index is 611. The summed E-state index contributed by atoms with van der Waals surface area (Å²) in [6.45, 7) is 4.92. The van der Waals surface area contributed by atoms with Crippen LogP contribution in [0.25, 0.3) is 0 Å². The van der Waals surface area contributed by atoms with Gasteiger partial charge in [0, 0.05) is 27.9 Å². The maximum absolute atomic E-state index is 6.39. The average Bonchev–Trinajstić information content (AvgIpc) is 2.75. The van der Waals surface area contributed by atoms with Crippen LogP contribution in [0.15, 0.2) is 23.1 Å². The number of hydrogen-bond acceptors (Lipinski definition) is 3. The van der Waals surface area contributed by atoms with Crippen LogP contribution in [0, 0.1) is 0 Å². The smallest absolute Gasteiger partial charge is 0.0858 e. The molecule has 1 aromatic carbocycles. The van der Waals surface area contributed by atoms with E-state index in [0.717, 1.165) is 45.7 Å². The lowest BCUT2D eigenvalue weighted by atomic mass is 10.3. The lowest BCUT2D eigenvalue weighted by Crippen LogP contribution is -2.02. The maximum atomic E-state index is 6.39. The molecule has 2 rings (SSSR count). The SMILES string of the molecule is CCc1nn(CC)c(CSc2cc(Cl)ccc2N)c1Cl. The van der Waals surface area contributed by atoms with Crippen molar-refractivity contribution in [2.75, 3.05) is 5.73 Å². The van der Waals surface area contributed by atoms with Crippen molar-refractivity contribution in [2.24, 2.45) is 0 Å². The maximum Gasteiger partial charge on any atom is 0.0858 e. The van der Waals surface area contributed by atoms with Crippen LogP contribution in [-0.4, -0.2) is 9.78 Å². The summed E-state index contributed by atoms with van der Waals surface area (Å²) in [5.41, 5.74) is 8.67. The van der Waals surface area contributed by atoms with Crippen molar-refractivity contribution in [3.63, 3.8) is 0 Å². The number of nitrogens with two attached hydrogens (primary N) is 1. The third-order valence-corrected chi connectivity index (χ3v) is 4.79. The first-order chi connectivity index (χ1) is 9.56. The minimum Gasteiger partial charge on any atom is -0.398 e. The van der Waals surface area contributed by atoms with Crippen LogP contribution in [-0.2, 0) is 18.7 Å². The van der Waals surface area contributed by atoms with Gasteiger partial charge in [-0.25, -0.2) is 0 Å². The molecule has 3 nitrogen and oxygen atoms in total. The molecule has 0 aliphatic heterocycles. The first-order valence-corrected chi connectivity index (χ1v) is 8.22. The number of nitrogen functional groups attached to an aromatic ring is 1. The number of anilines is 1. The molecule has 2 N–H and O–H groups in total. The fraction of sp³-hybridized carbons (Fsp3) is 0.357. The van der Waals surface area contributed by atoms with E-state index in [1.165, 1.54) is 0 Å². The first kappa shape index (κ1) is 15.5. The van der Waals surface area contributed by atoms with E-state index in [1.54, 1.807) is 17.8 Å². The zero-order valence-corrected chi connectivity index (χ0v) is 13.8. The zero-order chi connectivity index (χ0) is 14.7. The number of rotatable bonds is 5. The molecule has 108 valence electrons. The number of halogens is 2. The average molecular weight is 330 g/mol. The number of nitrogens with zero attached hydrogens (tertiary/aromatic N) is 2. The molecular weight excluding hydrogens is 313 g/mol. The van der Waals surface area contributed by atoms with E-state index >= 15 is 0 Å². The van der Waals surface area contributed by atoms with Crippen LogP contribution in [0.1, 0.15) is 25.2 Å². The monoisotopic (exact) mass is 329 g/mol. The van der Waals surface area contributed by atoms with Gasteiger partial charge in [0.2, 0.25) is 0 Å². The second kappa shape index (κ2) is 6.74. The summed E-state index contributed by atoms with van der Waals surface area (Å²) in [7, 11) is 0. The van der Waals surface area contributed by atoms with Crippen molar-refractivity contribution in [3.8, 4) is 0 Å². The standard InChI is InChI=1S/C14H17Cl2N3S/c1-3-11-14(16)12(19(4-2)18-11)8-20-13-7-9(15)5-6-10(13)17/h5-7H,3-4,8,17H2,1-2H3. The Kier molecular flexibility index (Phi) is 5.24. The van der Waals surface area contributed by atoms with E-state index in [-0.39, 0.29) is 0 Å². The molecule has 0 atom stereocenters. The predicted octanol–water partition coefficient (Wildman–Crippen LogP) is 4.65. The molecule has 0 aliphatic carbocycles. The van der Waals surface area contributed by atoms with Gasteiger partial charge in [-0.05, 0) is 31.5 Å². The highest BCUT2D eigenvalue weighted by molar-refractivity contribution is 7.98. The molecule has 0 saturated carbocycles. The van der Waals surface area contributed by atoms with Crippen molar-refractivity contribution < 1.29 is 0 Å². The zero-order valence-electron chi connectivity index (χ0n) is 11.5. The number of benzene rings is 1. The molecule has 0 fully saturated rings. The van der Waals surface area contributed by atoms with Gasteiger partial charge in [0.15, 0.2) is 0 Å². The molecule has 0 unspecified atom stereocenters. The highest BCUT2D eigenvalue weighted by atomic mass is 35.5. The summed E-state index contributed by atoms with van der Waals surface area (Å²) in [5, 5.41) is 5.97. The largest absolute Gasteiger partial charge is 0.398 e. The lowest BCUT2D eigenvalue weighted by Gasteiger charge is -2.08. The Morgan fingerprint density at radius 1 is 1.30 bits per heavy atom. The van der Waals surface area contributed by atoms with E-state index in [4.69, 9.17) is 28.9 Å². The van der Waals surface area contributed by atoms with Gasteiger partial charge in [0.1, 0.15) is 0 Å². The molecule has 20 heavy (non-hydrogen) atoms. The second-order valence-corrected chi connectivity index (χ2v) is 6.18. The van der Waals surface area contributed by atoms with Crippen LogP contribution >= 0.6 is 35.0 Å². The normalized spacial score (nSPS) is 11.0. The summed E-state index contributed by atoms with van der Waals surface area (Å²) in [4.78, 5) is 0.968. The van der Waals surface area contributed by atoms with Gasteiger partial charge in [0.25, 0.3) is 0 Å². The van der Waals surface area contributed by atoms with E-state index < -0.39 is 0 Å². The Morgan fingerprint density at radius 2 is 2.05 bits per heavy atom. The van der Waals surface area contributed by atoms with Gasteiger partial charge >= 0.3 is 0 Å². The summed E-state index contributed by atoms with van der Waals surface area (Å²) < 4.78 is 1.95. The van der Waals surface area contributed by atoms with Crippen molar-refractivity contribution in [3.05, 3.63) is 39.6 Å². The molecule has 6 heteroatoms. The van der Waals surface area contributed by atoms with Crippen molar-refractivity contribution in [2.45, 2.75) is 37.5 Å². The van der Waals surface area contributed by atoms with E-state index in [1.807, 2.05) is 16.8 Å². The summed E-state index contributed by atoms with van der Waals surface area (Å²) in [5.74, 6) is 0.726. The van der Waals surface area contributed by atoms with Crippen molar-refractivity contribution in [1.29, 1.82) is 0 Å². The van der Waals surface area contributed by atoms with Gasteiger partial charge in [-0.1, -0.05) is 30.1 Å². The molecule has 1 heterocycles. The van der Waals surface area contributed by atoms with E-state index in [0.29, 0.717) is 5.02 Å². The van der Waals surface area contributed by atoms with Crippen molar-refractivity contribution in [1.82, 2.24) is 9.78 Å². The molecule has 0 radical (unpaired) electrons. The lowest BCUT2D eigenvalue weighted by molar-refractivity contribution is 0.628. The highest BCUT2D eigenvalue weighted by Gasteiger charge is 2.15. The number of aromatic nitrogens is 2. The molecule has 0 aliphatic rings. The quantitative estimate of drug-likeness (QED) is 0.641. The minimum atomic E-state index is 0.686. The van der Waals surface area contributed by atoms with Crippen LogP contribution in [0.5, 0.6) is 0 Å². The third kappa shape index (κ3) is 3.25. The van der Waals surface area contributed by atoms with Gasteiger partial charge in [-0.2, -0.15) is 5.10 Å². The first-order valence-electron chi connectivity index (χ1n) is 6.48. The summed E-state index contributed by atoms with van der Waals surface area (Å²) >= 11 is 14.0. The molecule has 1 aromatic heterocycles. The van der Waals surface area contributed by atoms with E-state index in [2.05, 4.69) is 18.9 Å². The number of hydrogen-bond donors (Lipinski definition) is 1. The summed E-state index contributed by atoms with van der Waals surface area (Å²) in [6.07, 6.45) is 0.836. The van der Waals surface area contributed by atoms with Crippen LogP contribution in [0.4, 0.5) is 5.69 Å². The van der Waals surface area contributed by atoms with Gasteiger partial charge in [0.05, 0.1) is 16.4 Å². The van der Waals surface area contributed by atoms with Crippen LogP contribution in [0.3, 0.4) is 0 Å². The molecule has 2 aromatic rings. The van der Waals surface area contributed by atoms with Crippen LogP contribution in [0.2, 0.25) is 10.0 Å². The van der Waals surface area contributed by atoms with Gasteiger partial charge in [-0.15, -0.1) is 11.8 Å².